The summed E-state index contributed by atoms with van der Waals surface area (Å²) in [6.07, 6.45) is 3.09. The molecule has 0 aliphatic carbocycles. The number of carboxylic acids is 1. The molecule has 0 atom stereocenters. The summed E-state index contributed by atoms with van der Waals surface area (Å²) in [5.41, 5.74) is 1.12. The fourth-order valence-electron chi connectivity index (χ4n) is 1.95. The van der Waals surface area contributed by atoms with E-state index in [9.17, 15) is 4.79 Å². The van der Waals surface area contributed by atoms with Crippen LogP contribution in [0.3, 0.4) is 0 Å². The third kappa shape index (κ3) is 7.14. The van der Waals surface area contributed by atoms with Crippen LogP contribution in [0.1, 0.15) is 32.6 Å². The van der Waals surface area contributed by atoms with Gasteiger partial charge < -0.3 is 14.7 Å². The van der Waals surface area contributed by atoms with Crippen LogP contribution in [0.15, 0.2) is 30.3 Å². The molecule has 4 nitrogen and oxygen atoms in total. The fraction of sp³-hybridized carbons (Fsp3) is 0.562. The van der Waals surface area contributed by atoms with Crippen LogP contribution in [0.4, 0.5) is 5.69 Å². The normalized spacial score (nSPS) is 10.4. The van der Waals surface area contributed by atoms with Gasteiger partial charge in [-0.1, -0.05) is 31.5 Å². The van der Waals surface area contributed by atoms with Gasteiger partial charge in [0, 0.05) is 31.8 Å². The molecule has 4 heteroatoms. The van der Waals surface area contributed by atoms with E-state index >= 15 is 0 Å². The number of ether oxygens (including phenoxy) is 1. The van der Waals surface area contributed by atoms with E-state index in [4.69, 9.17) is 9.84 Å². The largest absolute Gasteiger partial charge is 0.481 e. The van der Waals surface area contributed by atoms with Crippen molar-refractivity contribution in [1.82, 2.24) is 0 Å². The summed E-state index contributed by atoms with van der Waals surface area (Å²) < 4.78 is 5.60. The standard InChI is InChI=1S/C16H25NO3/c1-2-3-13-20-14-12-17(11-7-10-16(18)19)15-8-5-4-6-9-15/h4-6,8-9H,2-3,7,10-14H2,1H3,(H,18,19). The topological polar surface area (TPSA) is 49.8 Å². The number of unbranched alkanes of at least 4 members (excludes halogenated alkanes) is 1. The lowest BCUT2D eigenvalue weighted by Gasteiger charge is -2.24. The summed E-state index contributed by atoms with van der Waals surface area (Å²) in [6.45, 7) is 5.17. The number of rotatable bonds is 11. The summed E-state index contributed by atoms with van der Waals surface area (Å²) in [4.78, 5) is 12.8. The molecule has 0 fully saturated rings. The van der Waals surface area contributed by atoms with Crippen LogP contribution in [-0.2, 0) is 9.53 Å². The number of carbonyl (C=O) groups is 1. The molecule has 0 amide bonds. The van der Waals surface area contributed by atoms with Crippen molar-refractivity contribution >= 4 is 11.7 Å². The van der Waals surface area contributed by atoms with Crippen LogP contribution in [0, 0.1) is 0 Å². The summed E-state index contributed by atoms with van der Waals surface area (Å²) in [7, 11) is 0. The Morgan fingerprint density at radius 2 is 1.90 bits per heavy atom. The van der Waals surface area contributed by atoms with Gasteiger partial charge >= 0.3 is 5.97 Å². The van der Waals surface area contributed by atoms with E-state index in [0.29, 0.717) is 13.0 Å². The Hall–Kier alpha value is -1.55. The predicted molar refractivity (Wildman–Crippen MR) is 81.3 cm³/mol. The van der Waals surface area contributed by atoms with Crippen LogP contribution >= 0.6 is 0 Å². The third-order valence-corrected chi connectivity index (χ3v) is 3.09. The fourth-order valence-corrected chi connectivity index (χ4v) is 1.95. The van der Waals surface area contributed by atoms with Crippen molar-refractivity contribution in [3.8, 4) is 0 Å². The van der Waals surface area contributed by atoms with Crippen molar-refractivity contribution in [1.29, 1.82) is 0 Å². The highest BCUT2D eigenvalue weighted by atomic mass is 16.5. The molecule has 0 aliphatic heterocycles. The predicted octanol–water partition coefficient (Wildman–Crippen LogP) is 3.17. The van der Waals surface area contributed by atoms with Gasteiger partial charge in [-0.2, -0.15) is 0 Å². The van der Waals surface area contributed by atoms with Crippen LogP contribution in [0.25, 0.3) is 0 Å². The molecule has 0 saturated carbocycles. The monoisotopic (exact) mass is 279 g/mol. The minimum atomic E-state index is -0.739. The van der Waals surface area contributed by atoms with Gasteiger partial charge in [-0.05, 0) is 25.0 Å². The van der Waals surface area contributed by atoms with Crippen molar-refractivity contribution in [3.63, 3.8) is 0 Å². The minimum absolute atomic E-state index is 0.208. The summed E-state index contributed by atoms with van der Waals surface area (Å²) in [5.74, 6) is -0.739. The molecule has 0 saturated heterocycles. The zero-order valence-corrected chi connectivity index (χ0v) is 12.3. The van der Waals surface area contributed by atoms with Crippen molar-refractivity contribution in [3.05, 3.63) is 30.3 Å². The molecule has 0 unspecified atom stereocenters. The molecule has 0 aliphatic rings. The number of para-hydroxylation sites is 1. The molecule has 0 aromatic heterocycles. The van der Waals surface area contributed by atoms with Crippen molar-refractivity contribution in [2.24, 2.45) is 0 Å². The lowest BCUT2D eigenvalue weighted by Crippen LogP contribution is -2.29. The first kappa shape index (κ1) is 16.5. The van der Waals surface area contributed by atoms with Crippen LogP contribution in [0.5, 0.6) is 0 Å². The van der Waals surface area contributed by atoms with E-state index in [1.807, 2.05) is 30.3 Å². The molecule has 1 aromatic rings. The quantitative estimate of drug-likeness (QED) is 0.632. The molecule has 1 aromatic carbocycles. The lowest BCUT2D eigenvalue weighted by atomic mass is 10.2. The van der Waals surface area contributed by atoms with E-state index in [0.717, 1.165) is 38.2 Å². The van der Waals surface area contributed by atoms with Gasteiger partial charge in [0.15, 0.2) is 0 Å². The van der Waals surface area contributed by atoms with Gasteiger partial charge in [0.1, 0.15) is 0 Å². The average molecular weight is 279 g/mol. The third-order valence-electron chi connectivity index (χ3n) is 3.09. The Bertz CT molecular complexity index is 367. The number of benzene rings is 1. The molecule has 0 radical (unpaired) electrons. The molecule has 0 bridgehead atoms. The maximum absolute atomic E-state index is 10.6. The molecular weight excluding hydrogens is 254 g/mol. The smallest absolute Gasteiger partial charge is 0.303 e. The maximum atomic E-state index is 10.6. The average Bonchev–Trinajstić information content (AvgIpc) is 2.46. The number of hydrogen-bond acceptors (Lipinski definition) is 3. The first-order valence-corrected chi connectivity index (χ1v) is 7.33. The molecule has 20 heavy (non-hydrogen) atoms. The van der Waals surface area contributed by atoms with Gasteiger partial charge in [0.2, 0.25) is 0 Å². The highest BCUT2D eigenvalue weighted by Gasteiger charge is 2.07. The highest BCUT2D eigenvalue weighted by molar-refractivity contribution is 5.66. The SMILES string of the molecule is CCCCOCCN(CCCC(=O)O)c1ccccc1. The van der Waals surface area contributed by atoms with E-state index in [1.54, 1.807) is 0 Å². The van der Waals surface area contributed by atoms with Crippen molar-refractivity contribution in [2.75, 3.05) is 31.2 Å². The second-order valence-corrected chi connectivity index (χ2v) is 4.79. The summed E-state index contributed by atoms with van der Waals surface area (Å²) >= 11 is 0. The Kier molecular flexibility index (Phi) is 8.47. The number of anilines is 1. The Morgan fingerprint density at radius 3 is 2.55 bits per heavy atom. The Balaban J connectivity index is 2.41. The number of aliphatic carboxylic acids is 1. The lowest BCUT2D eigenvalue weighted by molar-refractivity contribution is -0.137. The second-order valence-electron chi connectivity index (χ2n) is 4.79. The van der Waals surface area contributed by atoms with Crippen molar-refractivity contribution in [2.45, 2.75) is 32.6 Å². The summed E-state index contributed by atoms with van der Waals surface area (Å²) in [5, 5.41) is 8.73. The number of hydrogen-bond donors (Lipinski definition) is 1. The van der Waals surface area contributed by atoms with Crippen LogP contribution < -0.4 is 4.90 Å². The molecule has 1 N–H and O–H groups in total. The second kappa shape index (κ2) is 10.3. The molecule has 112 valence electrons. The number of nitrogens with zero attached hydrogens (tertiary/aromatic N) is 1. The zero-order chi connectivity index (χ0) is 14.6. The van der Waals surface area contributed by atoms with Gasteiger partial charge in [-0.25, -0.2) is 0 Å². The first-order valence-electron chi connectivity index (χ1n) is 7.33. The molecule has 0 spiro atoms. The van der Waals surface area contributed by atoms with Gasteiger partial charge in [-0.15, -0.1) is 0 Å². The van der Waals surface area contributed by atoms with E-state index in [1.165, 1.54) is 0 Å². The zero-order valence-electron chi connectivity index (χ0n) is 12.3. The van der Waals surface area contributed by atoms with Crippen LogP contribution in [-0.4, -0.2) is 37.4 Å². The van der Waals surface area contributed by atoms with Crippen LogP contribution in [0.2, 0.25) is 0 Å². The molecule has 1 rings (SSSR count). The highest BCUT2D eigenvalue weighted by Crippen LogP contribution is 2.13. The van der Waals surface area contributed by atoms with Gasteiger partial charge in [-0.3, -0.25) is 4.79 Å². The van der Waals surface area contributed by atoms with Gasteiger partial charge in [0.25, 0.3) is 0 Å². The summed E-state index contributed by atoms with van der Waals surface area (Å²) in [6, 6.07) is 10.1. The Labute approximate surface area is 121 Å². The van der Waals surface area contributed by atoms with E-state index in [2.05, 4.69) is 11.8 Å². The maximum Gasteiger partial charge on any atom is 0.303 e. The molecular formula is C16H25NO3. The molecule has 0 heterocycles. The van der Waals surface area contributed by atoms with Crippen molar-refractivity contribution < 1.29 is 14.6 Å². The van der Waals surface area contributed by atoms with Gasteiger partial charge in [0.05, 0.1) is 6.61 Å². The Morgan fingerprint density at radius 1 is 1.15 bits per heavy atom. The van der Waals surface area contributed by atoms with E-state index in [-0.39, 0.29) is 6.42 Å². The number of carboxylic acid groups (broad SMARTS) is 1. The first-order chi connectivity index (χ1) is 9.74. The minimum Gasteiger partial charge on any atom is -0.481 e. The van der Waals surface area contributed by atoms with E-state index < -0.39 is 5.97 Å².